The first-order valence-corrected chi connectivity index (χ1v) is 8.12. The van der Waals surface area contributed by atoms with Crippen molar-refractivity contribution in [2.24, 2.45) is 5.10 Å². The van der Waals surface area contributed by atoms with Gasteiger partial charge >= 0.3 is 0 Å². The molecule has 2 rings (SSSR count). The zero-order chi connectivity index (χ0) is 15.4. The van der Waals surface area contributed by atoms with Crippen molar-refractivity contribution >= 4 is 59.9 Å². The number of phenolic OH excluding ortho intramolecular Hbond substituents is 1. The molecule has 0 saturated heterocycles. The highest BCUT2D eigenvalue weighted by Gasteiger charge is 2.06. The first-order chi connectivity index (χ1) is 9.97. The molecule has 1 amide bonds. The molecular formula is C14H9Br3N2O2. The fourth-order valence-electron chi connectivity index (χ4n) is 1.54. The molecule has 2 aromatic rings. The first kappa shape index (κ1) is 16.2. The van der Waals surface area contributed by atoms with Gasteiger partial charge in [0.25, 0.3) is 5.91 Å². The van der Waals surface area contributed by atoms with Crippen LogP contribution in [0.15, 0.2) is 54.9 Å². The molecule has 108 valence electrons. The third-order valence-corrected chi connectivity index (χ3v) is 4.07. The molecule has 4 nitrogen and oxygen atoms in total. The van der Waals surface area contributed by atoms with Crippen LogP contribution in [0.4, 0.5) is 0 Å². The van der Waals surface area contributed by atoms with E-state index in [2.05, 4.69) is 58.3 Å². The average molecular weight is 477 g/mol. The van der Waals surface area contributed by atoms with Crippen molar-refractivity contribution in [3.05, 3.63) is 60.9 Å². The Morgan fingerprint density at radius 2 is 1.90 bits per heavy atom. The zero-order valence-corrected chi connectivity index (χ0v) is 15.2. The van der Waals surface area contributed by atoms with Gasteiger partial charge in [-0.05, 0) is 46.3 Å². The van der Waals surface area contributed by atoms with Crippen molar-refractivity contribution in [1.29, 1.82) is 0 Å². The van der Waals surface area contributed by atoms with Gasteiger partial charge in [0.05, 0.1) is 10.7 Å². The van der Waals surface area contributed by atoms with Crippen LogP contribution in [-0.4, -0.2) is 17.2 Å². The number of phenols is 1. The molecule has 2 N–H and O–H groups in total. The number of rotatable bonds is 3. The Morgan fingerprint density at radius 1 is 1.14 bits per heavy atom. The summed E-state index contributed by atoms with van der Waals surface area (Å²) in [6.45, 7) is 0. The first-order valence-electron chi connectivity index (χ1n) is 5.74. The summed E-state index contributed by atoms with van der Waals surface area (Å²) in [5.41, 5.74) is 3.37. The molecule has 0 aromatic heterocycles. The van der Waals surface area contributed by atoms with Crippen molar-refractivity contribution in [3.8, 4) is 5.75 Å². The second-order valence-electron chi connectivity index (χ2n) is 4.03. The van der Waals surface area contributed by atoms with Gasteiger partial charge in [-0.15, -0.1) is 0 Å². The lowest BCUT2D eigenvalue weighted by atomic mass is 10.2. The Hall–Kier alpha value is -1.18. The van der Waals surface area contributed by atoms with Gasteiger partial charge in [-0.3, -0.25) is 4.79 Å². The number of nitrogens with zero attached hydrogens (tertiary/aromatic N) is 1. The minimum atomic E-state index is -0.332. The lowest BCUT2D eigenvalue weighted by Crippen LogP contribution is -2.17. The molecule has 0 aliphatic heterocycles. The van der Waals surface area contributed by atoms with Gasteiger partial charge in [-0.25, -0.2) is 5.43 Å². The Balaban J connectivity index is 2.11. The van der Waals surface area contributed by atoms with E-state index in [0.29, 0.717) is 15.6 Å². The average Bonchev–Trinajstić information content (AvgIpc) is 2.43. The van der Waals surface area contributed by atoms with E-state index >= 15 is 0 Å². The normalized spacial score (nSPS) is 10.8. The van der Waals surface area contributed by atoms with Crippen molar-refractivity contribution in [3.63, 3.8) is 0 Å². The van der Waals surface area contributed by atoms with Crippen molar-refractivity contribution in [2.75, 3.05) is 0 Å². The second kappa shape index (κ2) is 7.20. The summed E-state index contributed by atoms with van der Waals surface area (Å²) in [6.07, 6.45) is 1.38. The number of aromatic hydroxyl groups is 1. The number of halogens is 3. The van der Waals surface area contributed by atoms with E-state index in [0.717, 1.165) is 8.95 Å². The molecule has 7 heteroatoms. The predicted octanol–water partition coefficient (Wildman–Crippen LogP) is 4.44. The number of carbonyl (C=O) groups excluding carboxylic acids is 1. The lowest BCUT2D eigenvalue weighted by Gasteiger charge is -2.03. The fourth-order valence-corrected chi connectivity index (χ4v) is 3.20. The summed E-state index contributed by atoms with van der Waals surface area (Å²) in [4.78, 5) is 11.9. The van der Waals surface area contributed by atoms with Gasteiger partial charge in [0, 0.05) is 20.1 Å². The van der Waals surface area contributed by atoms with E-state index in [4.69, 9.17) is 0 Å². The van der Waals surface area contributed by atoms with Crippen LogP contribution in [0.25, 0.3) is 0 Å². The van der Waals surface area contributed by atoms with E-state index in [-0.39, 0.29) is 11.7 Å². The SMILES string of the molecule is O=C(N/N=C/c1cc(Br)cc(Br)c1O)c1cccc(Br)c1. The maximum absolute atomic E-state index is 11.9. The summed E-state index contributed by atoms with van der Waals surface area (Å²) in [7, 11) is 0. The molecule has 0 aliphatic carbocycles. The molecule has 0 fully saturated rings. The predicted molar refractivity (Wildman–Crippen MR) is 92.7 cm³/mol. The van der Waals surface area contributed by atoms with Crippen molar-refractivity contribution in [1.82, 2.24) is 5.43 Å². The highest BCUT2D eigenvalue weighted by atomic mass is 79.9. The molecule has 0 unspecified atom stereocenters. The fraction of sp³-hybridized carbons (Fsp3) is 0. The number of amides is 1. The molecular weight excluding hydrogens is 468 g/mol. The van der Waals surface area contributed by atoms with Crippen LogP contribution >= 0.6 is 47.8 Å². The van der Waals surface area contributed by atoms with Gasteiger partial charge in [0.2, 0.25) is 0 Å². The molecule has 0 atom stereocenters. The van der Waals surface area contributed by atoms with Gasteiger partial charge < -0.3 is 5.11 Å². The third kappa shape index (κ3) is 4.39. The van der Waals surface area contributed by atoms with Crippen LogP contribution < -0.4 is 5.43 Å². The van der Waals surface area contributed by atoms with Gasteiger partial charge in [-0.1, -0.05) is 37.9 Å². The summed E-state index contributed by atoms with van der Waals surface area (Å²) in [5, 5.41) is 13.7. The van der Waals surface area contributed by atoms with Crippen LogP contribution in [0.2, 0.25) is 0 Å². The molecule has 0 saturated carbocycles. The van der Waals surface area contributed by atoms with Crippen LogP contribution in [0, 0.1) is 0 Å². The lowest BCUT2D eigenvalue weighted by molar-refractivity contribution is 0.0955. The maximum Gasteiger partial charge on any atom is 0.271 e. The number of carbonyl (C=O) groups is 1. The Morgan fingerprint density at radius 3 is 2.62 bits per heavy atom. The number of nitrogens with one attached hydrogen (secondary N) is 1. The highest BCUT2D eigenvalue weighted by molar-refractivity contribution is 9.11. The minimum absolute atomic E-state index is 0.0543. The quantitative estimate of drug-likeness (QED) is 0.508. The maximum atomic E-state index is 11.9. The van der Waals surface area contributed by atoms with E-state index in [1.54, 1.807) is 30.3 Å². The molecule has 0 radical (unpaired) electrons. The smallest absolute Gasteiger partial charge is 0.271 e. The Labute approximate surface area is 146 Å². The highest BCUT2D eigenvalue weighted by Crippen LogP contribution is 2.30. The summed E-state index contributed by atoms with van der Waals surface area (Å²) in [5.74, 6) is -0.278. The van der Waals surface area contributed by atoms with E-state index in [9.17, 15) is 9.90 Å². The molecule has 0 bridgehead atoms. The van der Waals surface area contributed by atoms with Crippen LogP contribution in [0.3, 0.4) is 0 Å². The Bertz CT molecular complexity index is 717. The van der Waals surface area contributed by atoms with Crippen LogP contribution in [-0.2, 0) is 0 Å². The van der Waals surface area contributed by atoms with Gasteiger partial charge in [0.15, 0.2) is 0 Å². The van der Waals surface area contributed by atoms with Crippen LogP contribution in [0.1, 0.15) is 15.9 Å². The molecule has 0 spiro atoms. The number of benzene rings is 2. The topological polar surface area (TPSA) is 61.7 Å². The zero-order valence-electron chi connectivity index (χ0n) is 10.5. The van der Waals surface area contributed by atoms with Gasteiger partial charge in [0.1, 0.15) is 5.75 Å². The number of hydrogen-bond acceptors (Lipinski definition) is 3. The molecule has 21 heavy (non-hydrogen) atoms. The number of hydrogen-bond donors (Lipinski definition) is 2. The third-order valence-electron chi connectivity index (χ3n) is 2.51. The molecule has 0 heterocycles. The van der Waals surface area contributed by atoms with E-state index in [1.165, 1.54) is 6.21 Å². The standard InChI is InChI=1S/C14H9Br3N2O2/c15-10-3-1-2-8(4-10)14(21)19-18-7-9-5-11(16)6-12(17)13(9)20/h1-7,20H,(H,19,21)/b18-7+. The van der Waals surface area contributed by atoms with Crippen molar-refractivity contribution < 1.29 is 9.90 Å². The molecule has 0 aliphatic rings. The van der Waals surface area contributed by atoms with Crippen molar-refractivity contribution in [2.45, 2.75) is 0 Å². The summed E-state index contributed by atoms with van der Waals surface area (Å²) in [6, 6.07) is 10.4. The second-order valence-corrected chi connectivity index (χ2v) is 6.72. The monoisotopic (exact) mass is 474 g/mol. The largest absolute Gasteiger partial charge is 0.506 e. The number of hydrazone groups is 1. The summed E-state index contributed by atoms with van der Waals surface area (Å²) >= 11 is 9.84. The van der Waals surface area contributed by atoms with E-state index in [1.807, 2.05) is 6.07 Å². The molecule has 2 aromatic carbocycles. The van der Waals surface area contributed by atoms with Gasteiger partial charge in [-0.2, -0.15) is 5.10 Å². The Kier molecular flexibility index (Phi) is 5.55. The van der Waals surface area contributed by atoms with Crippen LogP contribution in [0.5, 0.6) is 5.75 Å². The minimum Gasteiger partial charge on any atom is -0.506 e. The summed E-state index contributed by atoms with van der Waals surface area (Å²) < 4.78 is 2.14. The van der Waals surface area contributed by atoms with E-state index < -0.39 is 0 Å².